The van der Waals surface area contributed by atoms with Gasteiger partial charge in [-0.3, -0.25) is 4.79 Å². The molecule has 6 heteroatoms. The number of anilines is 1. The number of hydrogen-bond donors (Lipinski definition) is 1. The molecule has 1 heterocycles. The van der Waals surface area contributed by atoms with E-state index in [0.29, 0.717) is 11.6 Å². The lowest BCUT2D eigenvalue weighted by Gasteiger charge is -2.10. The standard InChI is InChI=1S/C12H12ClN3O2/c1-7-3-4-9(12-16-14-6-18-12)5-10(7)15-11(17)8(2)13/h3-6,8H,1-2H3,(H,15,17). The van der Waals surface area contributed by atoms with Gasteiger partial charge in [0, 0.05) is 11.3 Å². The lowest BCUT2D eigenvalue weighted by molar-refractivity contribution is -0.115. The van der Waals surface area contributed by atoms with Crippen LogP contribution in [-0.2, 0) is 4.79 Å². The molecule has 1 N–H and O–H groups in total. The predicted molar refractivity (Wildman–Crippen MR) is 68.4 cm³/mol. The van der Waals surface area contributed by atoms with E-state index in [9.17, 15) is 4.79 Å². The number of carbonyl (C=O) groups is 1. The minimum Gasteiger partial charge on any atom is -0.423 e. The third-order valence-corrected chi connectivity index (χ3v) is 2.66. The van der Waals surface area contributed by atoms with E-state index in [-0.39, 0.29) is 5.91 Å². The topological polar surface area (TPSA) is 68.0 Å². The molecule has 0 bridgehead atoms. The molecule has 0 saturated heterocycles. The van der Waals surface area contributed by atoms with Gasteiger partial charge in [0.1, 0.15) is 5.38 Å². The van der Waals surface area contributed by atoms with Crippen LogP contribution in [-0.4, -0.2) is 21.5 Å². The third-order valence-electron chi connectivity index (χ3n) is 2.46. The number of alkyl halides is 1. The Balaban J connectivity index is 2.30. The lowest BCUT2D eigenvalue weighted by atomic mass is 10.1. The van der Waals surface area contributed by atoms with Crippen molar-refractivity contribution in [2.45, 2.75) is 19.2 Å². The van der Waals surface area contributed by atoms with Crippen molar-refractivity contribution in [3.63, 3.8) is 0 Å². The van der Waals surface area contributed by atoms with E-state index in [4.69, 9.17) is 16.0 Å². The van der Waals surface area contributed by atoms with Crippen molar-refractivity contribution in [3.8, 4) is 11.5 Å². The molecule has 0 aliphatic rings. The van der Waals surface area contributed by atoms with Gasteiger partial charge in [0.15, 0.2) is 0 Å². The first-order chi connectivity index (χ1) is 8.58. The van der Waals surface area contributed by atoms with Crippen molar-refractivity contribution in [2.24, 2.45) is 0 Å². The van der Waals surface area contributed by atoms with Crippen molar-refractivity contribution < 1.29 is 9.21 Å². The van der Waals surface area contributed by atoms with Gasteiger partial charge < -0.3 is 9.73 Å². The minimum atomic E-state index is -0.587. The van der Waals surface area contributed by atoms with Gasteiger partial charge in [-0.05, 0) is 31.5 Å². The summed E-state index contributed by atoms with van der Waals surface area (Å²) in [5, 5.41) is 9.60. The number of halogens is 1. The Bertz CT molecular complexity index is 552. The number of aromatic nitrogens is 2. The Labute approximate surface area is 109 Å². The predicted octanol–water partition coefficient (Wildman–Crippen LogP) is 2.61. The molecule has 0 aliphatic carbocycles. The monoisotopic (exact) mass is 265 g/mol. The molecular formula is C12H12ClN3O2. The Morgan fingerprint density at radius 2 is 2.28 bits per heavy atom. The van der Waals surface area contributed by atoms with Crippen LogP contribution in [0.25, 0.3) is 11.5 Å². The van der Waals surface area contributed by atoms with E-state index < -0.39 is 5.38 Å². The first-order valence-corrected chi connectivity index (χ1v) is 5.83. The van der Waals surface area contributed by atoms with Crippen molar-refractivity contribution in [1.29, 1.82) is 0 Å². The number of benzene rings is 1. The van der Waals surface area contributed by atoms with E-state index >= 15 is 0 Å². The molecule has 0 saturated carbocycles. The van der Waals surface area contributed by atoms with Gasteiger partial charge in [0.25, 0.3) is 0 Å². The molecular weight excluding hydrogens is 254 g/mol. The van der Waals surface area contributed by atoms with Gasteiger partial charge >= 0.3 is 0 Å². The SMILES string of the molecule is Cc1ccc(-c2nnco2)cc1NC(=O)C(C)Cl. The smallest absolute Gasteiger partial charge is 0.247 e. The average molecular weight is 266 g/mol. The number of nitrogens with zero attached hydrogens (tertiary/aromatic N) is 2. The highest BCUT2D eigenvalue weighted by atomic mass is 35.5. The van der Waals surface area contributed by atoms with Crippen LogP contribution < -0.4 is 5.32 Å². The van der Waals surface area contributed by atoms with Crippen molar-refractivity contribution in [1.82, 2.24) is 10.2 Å². The van der Waals surface area contributed by atoms with Gasteiger partial charge in [-0.15, -0.1) is 21.8 Å². The summed E-state index contributed by atoms with van der Waals surface area (Å²) in [4.78, 5) is 11.6. The average Bonchev–Trinajstić information content (AvgIpc) is 2.85. The Hall–Kier alpha value is -1.88. The van der Waals surface area contributed by atoms with Crippen LogP contribution in [0.4, 0.5) is 5.69 Å². The molecule has 18 heavy (non-hydrogen) atoms. The molecule has 1 amide bonds. The van der Waals surface area contributed by atoms with Gasteiger partial charge in [-0.2, -0.15) is 0 Å². The molecule has 0 spiro atoms. The number of amides is 1. The van der Waals surface area contributed by atoms with Gasteiger partial charge in [0.2, 0.25) is 18.2 Å². The second-order valence-corrected chi connectivity index (χ2v) is 4.53. The molecule has 1 unspecified atom stereocenters. The van der Waals surface area contributed by atoms with E-state index in [1.54, 1.807) is 13.0 Å². The first kappa shape index (κ1) is 12.6. The normalized spacial score (nSPS) is 12.2. The highest BCUT2D eigenvalue weighted by molar-refractivity contribution is 6.32. The van der Waals surface area contributed by atoms with Gasteiger partial charge in [0.05, 0.1) is 0 Å². The van der Waals surface area contributed by atoms with E-state index in [1.165, 1.54) is 6.39 Å². The van der Waals surface area contributed by atoms with E-state index in [2.05, 4.69) is 15.5 Å². The van der Waals surface area contributed by atoms with Crippen LogP contribution in [0.2, 0.25) is 0 Å². The maximum absolute atomic E-state index is 11.6. The Kier molecular flexibility index (Phi) is 3.62. The summed E-state index contributed by atoms with van der Waals surface area (Å²) >= 11 is 5.72. The molecule has 2 aromatic rings. The zero-order valence-electron chi connectivity index (χ0n) is 9.98. The number of carbonyl (C=O) groups excluding carboxylic acids is 1. The molecule has 0 aliphatic heterocycles. The fourth-order valence-electron chi connectivity index (χ4n) is 1.42. The fourth-order valence-corrected chi connectivity index (χ4v) is 1.48. The molecule has 2 rings (SSSR count). The second-order valence-electron chi connectivity index (χ2n) is 3.88. The minimum absolute atomic E-state index is 0.248. The van der Waals surface area contributed by atoms with Gasteiger partial charge in [-0.25, -0.2) is 0 Å². The lowest BCUT2D eigenvalue weighted by Crippen LogP contribution is -2.20. The van der Waals surface area contributed by atoms with Crippen LogP contribution in [0.5, 0.6) is 0 Å². The third kappa shape index (κ3) is 2.68. The van der Waals surface area contributed by atoms with Crippen LogP contribution in [0.15, 0.2) is 29.0 Å². The van der Waals surface area contributed by atoms with Crippen LogP contribution in [0.1, 0.15) is 12.5 Å². The quantitative estimate of drug-likeness (QED) is 0.866. The van der Waals surface area contributed by atoms with E-state index in [1.807, 2.05) is 19.1 Å². The molecule has 5 nitrogen and oxygen atoms in total. The van der Waals surface area contributed by atoms with Crippen LogP contribution in [0, 0.1) is 6.92 Å². The molecule has 1 aromatic carbocycles. The molecule has 1 aromatic heterocycles. The number of hydrogen-bond acceptors (Lipinski definition) is 4. The van der Waals surface area contributed by atoms with Crippen molar-refractivity contribution >= 4 is 23.2 Å². The maximum atomic E-state index is 11.6. The maximum Gasteiger partial charge on any atom is 0.247 e. The van der Waals surface area contributed by atoms with Gasteiger partial charge in [-0.1, -0.05) is 6.07 Å². The molecule has 94 valence electrons. The number of rotatable bonds is 3. The zero-order valence-corrected chi connectivity index (χ0v) is 10.7. The van der Waals surface area contributed by atoms with Crippen LogP contribution in [0.3, 0.4) is 0 Å². The molecule has 1 atom stereocenters. The Morgan fingerprint density at radius 3 is 2.89 bits per heavy atom. The zero-order chi connectivity index (χ0) is 13.1. The largest absolute Gasteiger partial charge is 0.423 e. The summed E-state index contributed by atoms with van der Waals surface area (Å²) in [5.74, 6) is 0.159. The van der Waals surface area contributed by atoms with Crippen LogP contribution >= 0.6 is 11.6 Å². The summed E-state index contributed by atoms with van der Waals surface area (Å²) in [6, 6.07) is 5.50. The van der Waals surface area contributed by atoms with Crippen molar-refractivity contribution in [2.75, 3.05) is 5.32 Å². The number of nitrogens with one attached hydrogen (secondary N) is 1. The van der Waals surface area contributed by atoms with Crippen molar-refractivity contribution in [3.05, 3.63) is 30.2 Å². The summed E-state index contributed by atoms with van der Waals surface area (Å²) in [6.45, 7) is 3.51. The summed E-state index contributed by atoms with van der Waals surface area (Å²) in [5.41, 5.74) is 2.36. The highest BCUT2D eigenvalue weighted by Gasteiger charge is 2.12. The fraction of sp³-hybridized carbons (Fsp3) is 0.250. The van der Waals surface area contributed by atoms with E-state index in [0.717, 1.165) is 11.1 Å². The molecule has 0 fully saturated rings. The molecule has 0 radical (unpaired) electrons. The Morgan fingerprint density at radius 1 is 1.50 bits per heavy atom. The summed E-state index contributed by atoms with van der Waals surface area (Å²) < 4.78 is 5.11. The highest BCUT2D eigenvalue weighted by Crippen LogP contribution is 2.24. The second kappa shape index (κ2) is 5.18. The number of aryl methyl sites for hydroxylation is 1. The summed E-state index contributed by atoms with van der Waals surface area (Å²) in [7, 11) is 0. The first-order valence-electron chi connectivity index (χ1n) is 5.40. The summed E-state index contributed by atoms with van der Waals surface area (Å²) in [6.07, 6.45) is 1.26.